The molecule has 0 aliphatic carbocycles. The van der Waals surface area contributed by atoms with Crippen molar-refractivity contribution in [3.05, 3.63) is 96.8 Å². The van der Waals surface area contributed by atoms with Crippen LogP contribution in [0.15, 0.2) is 85.7 Å². The second-order valence-corrected chi connectivity index (χ2v) is 5.89. The summed E-state index contributed by atoms with van der Waals surface area (Å²) in [4.78, 5) is 16.7. The maximum Gasteiger partial charge on any atom is 0.255 e. The van der Waals surface area contributed by atoms with E-state index in [4.69, 9.17) is 0 Å². The number of hydrogen-bond acceptors (Lipinski definition) is 3. The molecule has 26 heavy (non-hydrogen) atoms. The van der Waals surface area contributed by atoms with Crippen molar-refractivity contribution in [2.24, 2.45) is 0 Å². The second kappa shape index (κ2) is 7.06. The Kier molecular flexibility index (Phi) is 4.30. The summed E-state index contributed by atoms with van der Waals surface area (Å²) in [6, 6.07) is 17.0. The zero-order valence-corrected chi connectivity index (χ0v) is 14.0. The SMILES string of the molecule is O=C(Nc1cccc(-n2cccn2)c1)c1cccc(Cn2ccnc2)c1. The van der Waals surface area contributed by atoms with Gasteiger partial charge in [0.2, 0.25) is 0 Å². The molecule has 4 aromatic rings. The van der Waals surface area contributed by atoms with Crippen molar-refractivity contribution in [1.29, 1.82) is 0 Å². The van der Waals surface area contributed by atoms with Crippen LogP contribution < -0.4 is 5.32 Å². The van der Waals surface area contributed by atoms with Gasteiger partial charge < -0.3 is 9.88 Å². The Balaban J connectivity index is 1.51. The number of carbonyl (C=O) groups excluding carboxylic acids is 1. The monoisotopic (exact) mass is 343 g/mol. The number of anilines is 1. The first-order chi connectivity index (χ1) is 12.8. The first-order valence-electron chi connectivity index (χ1n) is 8.24. The van der Waals surface area contributed by atoms with Gasteiger partial charge in [-0.1, -0.05) is 18.2 Å². The molecular weight excluding hydrogens is 326 g/mol. The fourth-order valence-corrected chi connectivity index (χ4v) is 2.75. The van der Waals surface area contributed by atoms with Crippen molar-refractivity contribution < 1.29 is 4.79 Å². The van der Waals surface area contributed by atoms with Crippen LogP contribution in [0.25, 0.3) is 5.69 Å². The zero-order chi connectivity index (χ0) is 17.8. The summed E-state index contributed by atoms with van der Waals surface area (Å²) in [6.07, 6.45) is 8.97. The number of carbonyl (C=O) groups is 1. The first-order valence-corrected chi connectivity index (χ1v) is 8.24. The van der Waals surface area contributed by atoms with E-state index in [-0.39, 0.29) is 5.91 Å². The van der Waals surface area contributed by atoms with Crippen molar-refractivity contribution in [3.63, 3.8) is 0 Å². The van der Waals surface area contributed by atoms with Gasteiger partial charge in [0.25, 0.3) is 5.91 Å². The number of nitrogens with one attached hydrogen (secondary N) is 1. The van der Waals surface area contributed by atoms with E-state index < -0.39 is 0 Å². The Hall–Kier alpha value is -3.67. The van der Waals surface area contributed by atoms with Crippen LogP contribution in [0.2, 0.25) is 0 Å². The minimum Gasteiger partial charge on any atom is -0.333 e. The summed E-state index contributed by atoms with van der Waals surface area (Å²) in [5.41, 5.74) is 3.28. The Morgan fingerprint density at radius 1 is 1.00 bits per heavy atom. The lowest BCUT2D eigenvalue weighted by Gasteiger charge is -2.09. The van der Waals surface area contributed by atoms with Crippen LogP contribution in [-0.4, -0.2) is 25.2 Å². The van der Waals surface area contributed by atoms with Gasteiger partial charge in [-0.25, -0.2) is 9.67 Å². The topological polar surface area (TPSA) is 64.7 Å². The Morgan fingerprint density at radius 3 is 2.73 bits per heavy atom. The molecule has 4 rings (SSSR count). The van der Waals surface area contributed by atoms with Gasteiger partial charge in [0.15, 0.2) is 0 Å². The van der Waals surface area contributed by atoms with Crippen LogP contribution in [0.4, 0.5) is 5.69 Å². The Morgan fingerprint density at radius 2 is 1.92 bits per heavy atom. The second-order valence-electron chi connectivity index (χ2n) is 5.89. The van der Waals surface area contributed by atoms with Gasteiger partial charge in [-0.15, -0.1) is 0 Å². The third kappa shape index (κ3) is 3.54. The fourth-order valence-electron chi connectivity index (χ4n) is 2.75. The lowest BCUT2D eigenvalue weighted by Crippen LogP contribution is -2.12. The quantitative estimate of drug-likeness (QED) is 0.604. The molecule has 0 unspecified atom stereocenters. The Labute approximate surface area is 150 Å². The average molecular weight is 343 g/mol. The van der Waals surface area contributed by atoms with Crippen molar-refractivity contribution in [1.82, 2.24) is 19.3 Å². The zero-order valence-electron chi connectivity index (χ0n) is 14.0. The van der Waals surface area contributed by atoms with Crippen LogP contribution >= 0.6 is 0 Å². The van der Waals surface area contributed by atoms with Gasteiger partial charge in [-0.3, -0.25) is 4.79 Å². The van der Waals surface area contributed by atoms with E-state index in [1.54, 1.807) is 23.4 Å². The first kappa shape index (κ1) is 15.8. The standard InChI is InChI=1S/C20H17N5O/c26-20(17-5-1-4-16(12-17)14-24-11-9-21-15-24)23-18-6-2-7-19(13-18)25-10-3-8-22-25/h1-13,15H,14H2,(H,23,26). The molecule has 0 atom stereocenters. The van der Waals surface area contributed by atoms with Gasteiger partial charge >= 0.3 is 0 Å². The summed E-state index contributed by atoms with van der Waals surface area (Å²) in [6.45, 7) is 0.676. The van der Waals surface area contributed by atoms with E-state index in [0.29, 0.717) is 12.1 Å². The van der Waals surface area contributed by atoms with Gasteiger partial charge in [0.1, 0.15) is 0 Å². The van der Waals surface area contributed by atoms with Crippen molar-refractivity contribution in [3.8, 4) is 5.69 Å². The number of imidazole rings is 1. The highest BCUT2D eigenvalue weighted by atomic mass is 16.1. The van der Waals surface area contributed by atoms with Gasteiger partial charge in [-0.2, -0.15) is 5.10 Å². The minimum absolute atomic E-state index is 0.143. The normalized spacial score (nSPS) is 10.6. The van der Waals surface area contributed by atoms with Crippen LogP contribution in [0.5, 0.6) is 0 Å². The van der Waals surface area contributed by atoms with Crippen LogP contribution in [0, 0.1) is 0 Å². The number of benzene rings is 2. The molecule has 0 fully saturated rings. The highest BCUT2D eigenvalue weighted by Gasteiger charge is 2.08. The lowest BCUT2D eigenvalue weighted by molar-refractivity contribution is 0.102. The molecule has 2 aromatic carbocycles. The van der Waals surface area contributed by atoms with E-state index in [9.17, 15) is 4.79 Å². The fraction of sp³-hybridized carbons (Fsp3) is 0.0500. The summed E-state index contributed by atoms with van der Waals surface area (Å²) in [7, 11) is 0. The third-order valence-electron chi connectivity index (χ3n) is 3.99. The van der Waals surface area contributed by atoms with E-state index in [1.165, 1.54) is 0 Å². The number of amides is 1. The van der Waals surface area contributed by atoms with Crippen molar-refractivity contribution in [2.75, 3.05) is 5.32 Å². The average Bonchev–Trinajstić information content (AvgIpc) is 3.36. The maximum absolute atomic E-state index is 12.6. The molecule has 2 heterocycles. The molecule has 128 valence electrons. The number of rotatable bonds is 5. The van der Waals surface area contributed by atoms with E-state index in [2.05, 4.69) is 15.4 Å². The molecule has 6 heteroatoms. The molecule has 0 bridgehead atoms. The van der Waals surface area contributed by atoms with Crippen molar-refractivity contribution >= 4 is 11.6 Å². The van der Waals surface area contributed by atoms with Crippen LogP contribution in [0.3, 0.4) is 0 Å². The predicted octanol–water partition coefficient (Wildman–Crippen LogP) is 3.37. The van der Waals surface area contributed by atoms with Gasteiger partial charge in [0.05, 0.1) is 12.0 Å². The molecule has 0 saturated heterocycles. The van der Waals surface area contributed by atoms with Crippen molar-refractivity contribution in [2.45, 2.75) is 6.54 Å². The lowest BCUT2D eigenvalue weighted by atomic mass is 10.1. The number of nitrogens with zero attached hydrogens (tertiary/aromatic N) is 4. The van der Waals surface area contributed by atoms with Gasteiger partial charge in [0, 0.05) is 42.6 Å². The number of aromatic nitrogens is 4. The molecule has 0 aliphatic heterocycles. The molecular formula is C20H17N5O. The molecule has 6 nitrogen and oxygen atoms in total. The van der Waals surface area contributed by atoms with Crippen LogP contribution in [-0.2, 0) is 6.54 Å². The highest BCUT2D eigenvalue weighted by molar-refractivity contribution is 6.04. The molecule has 1 N–H and O–H groups in total. The third-order valence-corrected chi connectivity index (χ3v) is 3.99. The summed E-state index contributed by atoms with van der Waals surface area (Å²) >= 11 is 0. The molecule has 1 amide bonds. The molecule has 0 aliphatic rings. The van der Waals surface area contributed by atoms with E-state index in [0.717, 1.165) is 16.9 Å². The predicted molar refractivity (Wildman–Crippen MR) is 99.3 cm³/mol. The van der Waals surface area contributed by atoms with Crippen LogP contribution in [0.1, 0.15) is 15.9 Å². The largest absolute Gasteiger partial charge is 0.333 e. The van der Waals surface area contributed by atoms with E-state index in [1.807, 2.05) is 71.6 Å². The van der Waals surface area contributed by atoms with E-state index >= 15 is 0 Å². The summed E-state index contributed by atoms with van der Waals surface area (Å²) in [5.74, 6) is -0.143. The molecule has 0 radical (unpaired) electrons. The summed E-state index contributed by atoms with van der Waals surface area (Å²) in [5, 5.41) is 7.16. The maximum atomic E-state index is 12.6. The highest BCUT2D eigenvalue weighted by Crippen LogP contribution is 2.16. The Bertz CT molecular complexity index is 1010. The smallest absolute Gasteiger partial charge is 0.255 e. The molecule has 0 spiro atoms. The van der Waals surface area contributed by atoms with Gasteiger partial charge in [-0.05, 0) is 42.0 Å². The molecule has 0 saturated carbocycles. The summed E-state index contributed by atoms with van der Waals surface area (Å²) < 4.78 is 3.71. The molecule has 2 aromatic heterocycles. The minimum atomic E-state index is -0.143. The number of hydrogen-bond donors (Lipinski definition) is 1.